The number of nitrogens with one attached hydrogen (secondary N) is 1. The summed E-state index contributed by atoms with van der Waals surface area (Å²) in [6, 6.07) is 54.6. The smallest absolute Gasteiger partial charge is 0.107 e. The number of hydrogen-bond donors (Lipinski definition) is 1. The lowest BCUT2D eigenvalue weighted by Crippen LogP contribution is -2.33. The van der Waals surface area contributed by atoms with Crippen LogP contribution in [0.25, 0.3) is 49.0 Å². The molecule has 0 saturated heterocycles. The molecule has 0 radical (unpaired) electrons. The largest absolute Gasteiger partial charge is 0.361 e. The first-order valence-electron chi connectivity index (χ1n) is 15.2. The number of rotatable bonds is 5. The molecule has 0 aliphatic carbocycles. The van der Waals surface area contributed by atoms with Crippen molar-refractivity contribution in [2.24, 2.45) is 0 Å². The second-order valence-electron chi connectivity index (χ2n) is 11.5. The van der Waals surface area contributed by atoms with E-state index in [2.05, 4.69) is 181 Å². The van der Waals surface area contributed by atoms with Gasteiger partial charge in [-0.25, -0.2) is 0 Å². The lowest BCUT2D eigenvalue weighted by molar-refractivity contribution is 0.686. The van der Waals surface area contributed by atoms with E-state index >= 15 is 0 Å². The van der Waals surface area contributed by atoms with Crippen molar-refractivity contribution in [1.29, 1.82) is 0 Å². The Morgan fingerprint density at radius 2 is 1.14 bits per heavy atom. The third-order valence-electron chi connectivity index (χ3n) is 8.86. The van der Waals surface area contributed by atoms with E-state index in [0.29, 0.717) is 0 Å². The zero-order chi connectivity index (χ0) is 29.5. The molecule has 1 N–H and O–H groups in total. The molecule has 7 aromatic carbocycles. The van der Waals surface area contributed by atoms with E-state index in [1.165, 1.54) is 65.8 Å². The van der Waals surface area contributed by atoms with Gasteiger partial charge in [0.2, 0.25) is 0 Å². The normalized spacial score (nSPS) is 14.7. The molecule has 44 heavy (non-hydrogen) atoms. The summed E-state index contributed by atoms with van der Waals surface area (Å²) in [6.07, 6.45) is 4.63. The zero-order valence-corrected chi connectivity index (χ0v) is 24.6. The monoisotopic (exact) mass is 564 g/mol. The van der Waals surface area contributed by atoms with Gasteiger partial charge in [-0.15, -0.1) is 0 Å². The summed E-state index contributed by atoms with van der Waals surface area (Å²) in [5.41, 5.74) is 7.28. The van der Waals surface area contributed by atoms with Crippen LogP contribution in [-0.4, -0.2) is 7.05 Å². The highest BCUT2D eigenvalue weighted by molar-refractivity contribution is 6.16. The molecule has 0 bridgehead atoms. The Hall–Kier alpha value is -5.60. The Labute approximate surface area is 258 Å². The number of fused-ring (bicyclic) bond motifs is 4. The Morgan fingerprint density at radius 1 is 0.523 bits per heavy atom. The van der Waals surface area contributed by atoms with Gasteiger partial charge in [0.1, 0.15) is 5.82 Å². The van der Waals surface area contributed by atoms with Crippen LogP contribution in [0.15, 0.2) is 170 Å². The molecule has 7 aromatic rings. The highest BCUT2D eigenvalue weighted by Gasteiger charge is 2.24. The third kappa shape index (κ3) is 4.53. The minimum atomic E-state index is 0.0359. The highest BCUT2D eigenvalue weighted by Crippen LogP contribution is 2.44. The number of benzene rings is 7. The van der Waals surface area contributed by atoms with Crippen molar-refractivity contribution in [2.45, 2.75) is 6.04 Å². The molecule has 1 atom stereocenters. The van der Waals surface area contributed by atoms with Crippen molar-refractivity contribution in [3.05, 3.63) is 181 Å². The fourth-order valence-electron chi connectivity index (χ4n) is 6.69. The van der Waals surface area contributed by atoms with Gasteiger partial charge in [-0.1, -0.05) is 146 Å². The van der Waals surface area contributed by atoms with E-state index in [0.717, 1.165) is 5.82 Å². The maximum absolute atomic E-state index is 3.89. The fourth-order valence-corrected chi connectivity index (χ4v) is 6.69. The lowest BCUT2D eigenvalue weighted by atomic mass is 9.90. The molecule has 1 aliphatic rings. The molecular weight excluding hydrogens is 532 g/mol. The van der Waals surface area contributed by atoms with Crippen molar-refractivity contribution < 1.29 is 0 Å². The van der Waals surface area contributed by atoms with Crippen LogP contribution in [0.4, 0.5) is 5.69 Å². The molecule has 0 amide bonds. The standard InChI is InChI=1S/C42H32N2/c1-44(41-28-33(29-14-4-2-5-15-29)27-40(43-41)31-17-6-3-7-18-31)42-35-21-11-8-16-30(35)24-25-38(42)39-26-32-19-9-10-20-34(32)36-22-12-13-23-37(36)39/h2-28,40,43H,1H3. The topological polar surface area (TPSA) is 15.3 Å². The van der Waals surface area contributed by atoms with Gasteiger partial charge in [0.05, 0.1) is 11.7 Å². The molecule has 2 nitrogen and oxygen atoms in total. The Kier molecular flexibility index (Phi) is 6.46. The van der Waals surface area contributed by atoms with Crippen LogP contribution < -0.4 is 10.2 Å². The Morgan fingerprint density at radius 3 is 1.91 bits per heavy atom. The van der Waals surface area contributed by atoms with Gasteiger partial charge < -0.3 is 10.2 Å². The second kappa shape index (κ2) is 10.9. The Bertz CT molecular complexity index is 2210. The van der Waals surface area contributed by atoms with Crippen LogP contribution in [0.5, 0.6) is 0 Å². The molecule has 0 fully saturated rings. The van der Waals surface area contributed by atoms with Crippen LogP contribution in [-0.2, 0) is 0 Å². The quantitative estimate of drug-likeness (QED) is 0.209. The maximum Gasteiger partial charge on any atom is 0.107 e. The summed E-state index contributed by atoms with van der Waals surface area (Å²) >= 11 is 0. The van der Waals surface area contributed by atoms with Crippen molar-refractivity contribution in [3.8, 4) is 11.1 Å². The molecule has 0 spiro atoms. The first-order chi connectivity index (χ1) is 21.7. The van der Waals surface area contributed by atoms with Gasteiger partial charge in [-0.05, 0) is 67.4 Å². The highest BCUT2D eigenvalue weighted by atomic mass is 15.2. The van der Waals surface area contributed by atoms with Gasteiger partial charge in [0.25, 0.3) is 0 Å². The van der Waals surface area contributed by atoms with Crippen molar-refractivity contribution >= 4 is 43.6 Å². The number of nitrogens with zero attached hydrogens (tertiary/aromatic N) is 1. The number of allylic oxidation sites excluding steroid dienone is 2. The van der Waals surface area contributed by atoms with Crippen LogP contribution >= 0.6 is 0 Å². The van der Waals surface area contributed by atoms with E-state index in [4.69, 9.17) is 0 Å². The molecule has 8 rings (SSSR count). The van der Waals surface area contributed by atoms with Crippen LogP contribution in [0, 0.1) is 0 Å². The van der Waals surface area contributed by atoms with Crippen LogP contribution in [0.1, 0.15) is 17.2 Å². The molecule has 210 valence electrons. The summed E-state index contributed by atoms with van der Waals surface area (Å²) in [7, 11) is 2.20. The summed E-state index contributed by atoms with van der Waals surface area (Å²) in [5.74, 6) is 1.06. The lowest BCUT2D eigenvalue weighted by Gasteiger charge is -2.33. The predicted octanol–water partition coefficient (Wildman–Crippen LogP) is 10.5. The minimum Gasteiger partial charge on any atom is -0.361 e. The van der Waals surface area contributed by atoms with Crippen molar-refractivity contribution in [2.75, 3.05) is 11.9 Å². The SMILES string of the molecule is CN(C1=CC(c2ccccc2)=CC(c2ccccc2)N1)c1c(-c2cc3ccccc3c3ccccc23)ccc2ccccc12. The molecule has 1 unspecified atom stereocenters. The molecule has 0 aromatic heterocycles. The first-order valence-corrected chi connectivity index (χ1v) is 15.2. The summed E-state index contributed by atoms with van der Waals surface area (Å²) in [4.78, 5) is 2.35. The van der Waals surface area contributed by atoms with E-state index in [9.17, 15) is 0 Å². The summed E-state index contributed by atoms with van der Waals surface area (Å²) in [5, 5.41) is 11.4. The average Bonchev–Trinajstić information content (AvgIpc) is 3.11. The number of dihydropyridines is 1. The van der Waals surface area contributed by atoms with E-state index in [1.54, 1.807) is 0 Å². The zero-order valence-electron chi connectivity index (χ0n) is 24.6. The van der Waals surface area contributed by atoms with Gasteiger partial charge in [0.15, 0.2) is 0 Å². The first kappa shape index (κ1) is 26.1. The van der Waals surface area contributed by atoms with Crippen LogP contribution in [0.2, 0.25) is 0 Å². The number of anilines is 1. The molecule has 1 heterocycles. The maximum atomic E-state index is 3.89. The molecule has 1 aliphatic heterocycles. The molecule has 0 saturated carbocycles. The Balaban J connectivity index is 1.36. The summed E-state index contributed by atoms with van der Waals surface area (Å²) < 4.78 is 0. The van der Waals surface area contributed by atoms with Gasteiger partial charge in [0, 0.05) is 18.0 Å². The third-order valence-corrected chi connectivity index (χ3v) is 8.86. The average molecular weight is 565 g/mol. The van der Waals surface area contributed by atoms with Gasteiger partial charge in [-0.3, -0.25) is 0 Å². The van der Waals surface area contributed by atoms with Crippen molar-refractivity contribution in [3.63, 3.8) is 0 Å². The fraction of sp³-hybridized carbons (Fsp3) is 0.0476. The predicted molar refractivity (Wildman–Crippen MR) is 188 cm³/mol. The van der Waals surface area contributed by atoms with E-state index in [-0.39, 0.29) is 6.04 Å². The van der Waals surface area contributed by atoms with Gasteiger partial charge >= 0.3 is 0 Å². The molecular formula is C42H32N2. The summed E-state index contributed by atoms with van der Waals surface area (Å²) in [6.45, 7) is 0. The van der Waals surface area contributed by atoms with Crippen LogP contribution in [0.3, 0.4) is 0 Å². The van der Waals surface area contributed by atoms with Crippen molar-refractivity contribution in [1.82, 2.24) is 5.32 Å². The second-order valence-corrected chi connectivity index (χ2v) is 11.5. The van der Waals surface area contributed by atoms with E-state index < -0.39 is 0 Å². The minimum absolute atomic E-state index is 0.0359. The number of hydrogen-bond acceptors (Lipinski definition) is 2. The molecule has 2 heteroatoms. The van der Waals surface area contributed by atoms with Gasteiger partial charge in [-0.2, -0.15) is 0 Å². The van der Waals surface area contributed by atoms with E-state index in [1.807, 2.05) is 0 Å².